The highest BCUT2D eigenvalue weighted by molar-refractivity contribution is 6.76. The lowest BCUT2D eigenvalue weighted by Gasteiger charge is -2.32. The Morgan fingerprint density at radius 1 is 0.875 bits per heavy atom. The molecule has 0 N–H and O–H groups in total. The van der Waals surface area contributed by atoms with Crippen LogP contribution in [0, 0.1) is 5.92 Å². The summed E-state index contributed by atoms with van der Waals surface area (Å²) in [7, 11) is -2.64. The van der Waals surface area contributed by atoms with E-state index in [1.165, 1.54) is 0 Å². The number of fused-ring (bicyclic) bond motifs is 1. The van der Waals surface area contributed by atoms with Crippen LogP contribution in [-0.2, 0) is 23.7 Å². The van der Waals surface area contributed by atoms with E-state index in [0.717, 1.165) is 82.9 Å². The molecule has 0 amide bonds. The predicted molar refractivity (Wildman–Crippen MR) is 233 cm³/mol. The SMILES string of the molecule is CCO/C=C\c1c(N(COCC[Si](C)(C)C)COCC[Si](C)(C)C)n2ncc(-c3ccc(-c4ccccc4)nc3)c2nc1[C@H]1CC[C@H](C(=O)OC(C)(C)C)CC1. The summed E-state index contributed by atoms with van der Waals surface area (Å²) in [6.45, 7) is 24.5. The Kier molecular flexibility index (Phi) is 14.7. The van der Waals surface area contributed by atoms with Gasteiger partial charge in [0.05, 0.1) is 36.4 Å². The van der Waals surface area contributed by atoms with Crippen LogP contribution in [0.1, 0.15) is 70.6 Å². The third-order valence-corrected chi connectivity index (χ3v) is 13.4. The third kappa shape index (κ3) is 12.3. The van der Waals surface area contributed by atoms with Gasteiger partial charge >= 0.3 is 5.97 Å². The largest absolute Gasteiger partial charge is 0.501 e. The Morgan fingerprint density at radius 3 is 2.07 bits per heavy atom. The first kappa shape index (κ1) is 43.3. The van der Waals surface area contributed by atoms with Crippen LogP contribution >= 0.6 is 0 Å². The number of hydrogen-bond donors (Lipinski definition) is 0. The number of benzene rings is 1. The molecule has 10 nitrogen and oxygen atoms in total. The Balaban J connectivity index is 1.62. The highest BCUT2D eigenvalue weighted by atomic mass is 28.3. The molecule has 0 aliphatic heterocycles. The van der Waals surface area contributed by atoms with E-state index in [1.54, 1.807) is 6.26 Å². The van der Waals surface area contributed by atoms with E-state index in [1.807, 2.05) is 68.9 Å². The second-order valence-corrected chi connectivity index (χ2v) is 29.6. The van der Waals surface area contributed by atoms with E-state index in [4.69, 9.17) is 34.0 Å². The highest BCUT2D eigenvalue weighted by Crippen LogP contribution is 2.41. The maximum atomic E-state index is 13.2. The van der Waals surface area contributed by atoms with Gasteiger partial charge in [0.25, 0.3) is 0 Å². The number of carbonyl (C=O) groups excluding carboxylic acids is 1. The molecule has 0 spiro atoms. The molecule has 5 rings (SSSR count). The van der Waals surface area contributed by atoms with Gasteiger partial charge < -0.3 is 23.8 Å². The second-order valence-electron chi connectivity index (χ2n) is 18.4. The number of aromatic nitrogens is 4. The van der Waals surface area contributed by atoms with E-state index < -0.39 is 21.7 Å². The molecule has 12 heteroatoms. The van der Waals surface area contributed by atoms with E-state index in [0.29, 0.717) is 33.3 Å². The van der Waals surface area contributed by atoms with Gasteiger partial charge in [0.15, 0.2) is 5.65 Å². The summed E-state index contributed by atoms with van der Waals surface area (Å²) in [5, 5.41) is 5.03. The monoisotopic (exact) mass is 799 g/mol. The maximum Gasteiger partial charge on any atom is 0.309 e. The molecule has 0 bridgehead atoms. The van der Waals surface area contributed by atoms with Crippen LogP contribution in [-0.4, -0.2) is 80.6 Å². The normalized spacial score (nSPS) is 16.8. The van der Waals surface area contributed by atoms with Crippen LogP contribution in [0.5, 0.6) is 0 Å². The summed E-state index contributed by atoms with van der Waals surface area (Å²) < 4.78 is 26.5. The number of nitrogens with zero attached hydrogens (tertiary/aromatic N) is 5. The molecule has 3 aromatic heterocycles. The number of ether oxygens (including phenoxy) is 4. The lowest BCUT2D eigenvalue weighted by molar-refractivity contribution is -0.161. The Bertz CT molecular complexity index is 1870. The zero-order valence-electron chi connectivity index (χ0n) is 35.6. The minimum absolute atomic E-state index is 0.0995. The lowest BCUT2D eigenvalue weighted by Crippen LogP contribution is -2.34. The van der Waals surface area contributed by atoms with Crippen LogP contribution in [0.25, 0.3) is 34.1 Å². The van der Waals surface area contributed by atoms with E-state index in [9.17, 15) is 4.79 Å². The molecule has 0 unspecified atom stereocenters. The van der Waals surface area contributed by atoms with Gasteiger partial charge in [-0.15, -0.1) is 0 Å². The molecule has 3 heterocycles. The van der Waals surface area contributed by atoms with E-state index in [-0.39, 0.29) is 17.8 Å². The third-order valence-electron chi connectivity index (χ3n) is 9.97. The molecule has 1 aromatic carbocycles. The van der Waals surface area contributed by atoms with Crippen molar-refractivity contribution in [3.8, 4) is 22.4 Å². The summed E-state index contributed by atoms with van der Waals surface area (Å²) in [6.07, 6.45) is 10.7. The summed E-state index contributed by atoms with van der Waals surface area (Å²) in [4.78, 5) is 25.7. The summed E-state index contributed by atoms with van der Waals surface area (Å²) >= 11 is 0. The fourth-order valence-corrected chi connectivity index (χ4v) is 8.30. The first-order valence-corrected chi connectivity index (χ1v) is 27.8. The summed E-state index contributed by atoms with van der Waals surface area (Å²) in [5.41, 5.74) is 5.88. The fourth-order valence-electron chi connectivity index (χ4n) is 6.79. The minimum atomic E-state index is -1.32. The molecule has 1 aliphatic carbocycles. The zero-order valence-corrected chi connectivity index (χ0v) is 37.6. The van der Waals surface area contributed by atoms with Gasteiger partial charge in [-0.2, -0.15) is 9.61 Å². The Labute approximate surface area is 337 Å². The van der Waals surface area contributed by atoms with Gasteiger partial charge in [-0.3, -0.25) is 9.78 Å². The van der Waals surface area contributed by atoms with E-state index in [2.05, 4.69) is 68.4 Å². The van der Waals surface area contributed by atoms with Crippen molar-refractivity contribution in [3.05, 3.63) is 72.4 Å². The van der Waals surface area contributed by atoms with Crippen LogP contribution in [0.15, 0.2) is 61.1 Å². The van der Waals surface area contributed by atoms with Gasteiger partial charge in [0.1, 0.15) is 24.9 Å². The quantitative estimate of drug-likeness (QED) is 0.0320. The van der Waals surface area contributed by atoms with Crippen molar-refractivity contribution in [2.45, 2.75) is 116 Å². The summed E-state index contributed by atoms with van der Waals surface area (Å²) in [5.74, 6) is 0.698. The maximum absolute atomic E-state index is 13.2. The number of hydrogen-bond acceptors (Lipinski definition) is 9. The Morgan fingerprint density at radius 2 is 1.52 bits per heavy atom. The smallest absolute Gasteiger partial charge is 0.309 e. The number of rotatable bonds is 18. The first-order chi connectivity index (χ1) is 26.5. The van der Waals surface area contributed by atoms with E-state index >= 15 is 0 Å². The van der Waals surface area contributed by atoms with Crippen molar-refractivity contribution < 1.29 is 23.7 Å². The van der Waals surface area contributed by atoms with Crippen LogP contribution in [0.3, 0.4) is 0 Å². The fraction of sp³-hybridized carbons (Fsp3) is 0.545. The highest BCUT2D eigenvalue weighted by Gasteiger charge is 2.34. The number of esters is 1. The molecule has 1 aliphatic rings. The summed E-state index contributed by atoms with van der Waals surface area (Å²) in [6, 6.07) is 16.5. The molecular weight excluding hydrogens is 735 g/mol. The predicted octanol–water partition coefficient (Wildman–Crippen LogP) is 10.5. The standard InChI is InChI=1S/C44H65N5O5Si2/c1-11-51-24-23-37-40(34-17-19-35(20-18-34)43(50)54-44(2,3)4)47-41-38(36-21-22-39(45-29-36)33-15-13-12-14-16-33)30-46-49(41)42(37)48(31-52-25-27-55(5,6)7)32-53-26-28-56(8,9)10/h12-16,21-24,29-30,34-35H,11,17-20,25-28,31-32H2,1-10H3/b24-23-/t34-,35-. The van der Waals surface area contributed by atoms with Crippen molar-refractivity contribution >= 4 is 39.7 Å². The molecule has 0 saturated heterocycles. The molecule has 56 heavy (non-hydrogen) atoms. The van der Waals surface area contributed by atoms with Crippen molar-refractivity contribution in [2.24, 2.45) is 5.92 Å². The topological polar surface area (TPSA) is 100 Å². The van der Waals surface area contributed by atoms with Crippen molar-refractivity contribution in [2.75, 3.05) is 38.2 Å². The van der Waals surface area contributed by atoms with Gasteiger partial charge in [0.2, 0.25) is 0 Å². The number of pyridine rings is 1. The molecule has 0 radical (unpaired) electrons. The van der Waals surface area contributed by atoms with Crippen molar-refractivity contribution in [1.82, 2.24) is 19.6 Å². The van der Waals surface area contributed by atoms with Gasteiger partial charge in [-0.1, -0.05) is 75.7 Å². The molecule has 304 valence electrons. The molecule has 1 saturated carbocycles. The molecule has 1 fully saturated rings. The second kappa shape index (κ2) is 19.1. The number of anilines is 1. The number of carbonyl (C=O) groups is 1. The Hall–Kier alpha value is -3.85. The average Bonchev–Trinajstić information content (AvgIpc) is 3.57. The zero-order chi connectivity index (χ0) is 40.5. The first-order valence-electron chi connectivity index (χ1n) is 20.4. The van der Waals surface area contributed by atoms with Crippen molar-refractivity contribution in [3.63, 3.8) is 0 Å². The van der Waals surface area contributed by atoms with Gasteiger partial charge in [-0.05, 0) is 77.6 Å². The molecule has 0 atom stereocenters. The molecular formula is C44H65N5O5Si2. The van der Waals surface area contributed by atoms with Gasteiger partial charge in [-0.25, -0.2) is 4.98 Å². The lowest BCUT2D eigenvalue weighted by atomic mass is 9.79. The van der Waals surface area contributed by atoms with Gasteiger partial charge in [0, 0.05) is 63.7 Å². The average molecular weight is 800 g/mol. The van der Waals surface area contributed by atoms with Crippen LogP contribution in [0.4, 0.5) is 5.82 Å². The van der Waals surface area contributed by atoms with Crippen LogP contribution < -0.4 is 4.90 Å². The molecule has 4 aromatic rings. The minimum Gasteiger partial charge on any atom is -0.501 e. The van der Waals surface area contributed by atoms with Crippen LogP contribution in [0.2, 0.25) is 51.4 Å². The van der Waals surface area contributed by atoms with Crippen molar-refractivity contribution in [1.29, 1.82) is 0 Å².